The summed E-state index contributed by atoms with van der Waals surface area (Å²) in [5, 5.41) is 29.4. The van der Waals surface area contributed by atoms with Crippen LogP contribution in [0.2, 0.25) is 0 Å². The molecule has 3 rings (SSSR count). The van der Waals surface area contributed by atoms with Gasteiger partial charge < -0.3 is 9.84 Å². The number of halogens is 2. The van der Waals surface area contributed by atoms with Gasteiger partial charge in [-0.05, 0) is 104 Å². The molecule has 0 fully saturated rings. The third-order valence-electron chi connectivity index (χ3n) is 4.43. The lowest BCUT2D eigenvalue weighted by Crippen LogP contribution is -2.01. The number of carbonyl (C=O) groups is 1. The van der Waals surface area contributed by atoms with Crippen LogP contribution in [0, 0.1) is 28.6 Å². The Balaban J connectivity index is 1.80. The number of nitro benzene ring substituents is 1. The van der Waals surface area contributed by atoms with Crippen molar-refractivity contribution in [3.05, 3.63) is 100 Å². The van der Waals surface area contributed by atoms with Crippen LogP contribution in [0.3, 0.4) is 0 Å². The van der Waals surface area contributed by atoms with Gasteiger partial charge in [0.05, 0.1) is 29.3 Å². The molecule has 0 aliphatic heterocycles. The van der Waals surface area contributed by atoms with Crippen LogP contribution in [0.1, 0.15) is 27.0 Å². The largest absolute Gasteiger partial charge is 0.487 e. The summed E-state index contributed by atoms with van der Waals surface area (Å²) >= 11 is 4.32. The van der Waals surface area contributed by atoms with Crippen LogP contribution >= 0.6 is 45.2 Å². The number of carboxylic acids is 1. The smallest absolute Gasteiger partial charge is 0.335 e. The predicted molar refractivity (Wildman–Crippen MR) is 136 cm³/mol. The average Bonchev–Trinajstić information content (AvgIpc) is 2.77. The number of non-ortho nitro benzene ring substituents is 1. The minimum atomic E-state index is -0.976. The molecular weight excluding hydrogens is 638 g/mol. The molecule has 0 aliphatic rings. The maximum absolute atomic E-state index is 11.0. The first kappa shape index (κ1) is 23.7. The van der Waals surface area contributed by atoms with E-state index >= 15 is 0 Å². The van der Waals surface area contributed by atoms with Gasteiger partial charge in [0.25, 0.3) is 5.69 Å². The minimum absolute atomic E-state index is 0.0331. The Morgan fingerprint density at radius 2 is 1.62 bits per heavy atom. The molecule has 0 amide bonds. The van der Waals surface area contributed by atoms with E-state index in [-0.39, 0.29) is 17.9 Å². The van der Waals surface area contributed by atoms with E-state index in [0.717, 1.165) is 18.3 Å². The van der Waals surface area contributed by atoms with Crippen molar-refractivity contribution in [1.29, 1.82) is 5.26 Å². The maximum atomic E-state index is 11.0. The molecule has 0 bridgehead atoms. The number of ether oxygens (including phenoxy) is 1. The first-order chi connectivity index (χ1) is 15.3. The highest BCUT2D eigenvalue weighted by Gasteiger charge is 2.11. The van der Waals surface area contributed by atoms with E-state index < -0.39 is 10.9 Å². The molecule has 0 aliphatic carbocycles. The molecule has 9 heteroatoms. The second-order valence-corrected chi connectivity index (χ2v) is 8.90. The van der Waals surface area contributed by atoms with E-state index in [1.807, 2.05) is 12.1 Å². The van der Waals surface area contributed by atoms with E-state index in [0.29, 0.717) is 16.9 Å². The average molecular weight is 652 g/mol. The molecule has 160 valence electrons. The number of hydrogen-bond acceptors (Lipinski definition) is 5. The molecule has 0 saturated heterocycles. The molecule has 0 heterocycles. The Hall–Kier alpha value is -2.98. The second kappa shape index (κ2) is 10.6. The van der Waals surface area contributed by atoms with E-state index in [2.05, 4.69) is 51.3 Å². The van der Waals surface area contributed by atoms with Gasteiger partial charge in [0.2, 0.25) is 0 Å². The van der Waals surface area contributed by atoms with E-state index in [1.165, 1.54) is 24.3 Å². The van der Waals surface area contributed by atoms with Crippen LogP contribution in [-0.4, -0.2) is 16.0 Å². The fourth-order valence-electron chi connectivity index (χ4n) is 2.81. The monoisotopic (exact) mass is 652 g/mol. The van der Waals surface area contributed by atoms with Crippen molar-refractivity contribution in [2.24, 2.45) is 0 Å². The molecule has 1 N–H and O–H groups in total. The molecule has 3 aromatic carbocycles. The summed E-state index contributed by atoms with van der Waals surface area (Å²) in [6.45, 7) is 0.285. The first-order valence-corrected chi connectivity index (χ1v) is 11.2. The van der Waals surface area contributed by atoms with Gasteiger partial charge in [0.15, 0.2) is 0 Å². The lowest BCUT2D eigenvalue weighted by Gasteiger charge is -2.12. The third kappa shape index (κ3) is 5.83. The molecular formula is C23H14I2N2O5. The topological polar surface area (TPSA) is 113 Å². The molecule has 0 unspecified atom stereocenters. The second-order valence-electron chi connectivity index (χ2n) is 6.58. The van der Waals surface area contributed by atoms with Crippen molar-refractivity contribution in [2.75, 3.05) is 0 Å². The summed E-state index contributed by atoms with van der Waals surface area (Å²) in [6, 6.07) is 18.2. The van der Waals surface area contributed by atoms with Crippen molar-refractivity contribution in [1.82, 2.24) is 0 Å². The van der Waals surface area contributed by atoms with Gasteiger partial charge in [-0.2, -0.15) is 5.26 Å². The number of aromatic carboxylic acids is 1. The summed E-state index contributed by atoms with van der Waals surface area (Å²) in [5.74, 6) is -0.282. The van der Waals surface area contributed by atoms with Crippen LogP contribution in [0.5, 0.6) is 5.75 Å². The number of nitrogens with zero attached hydrogens (tertiary/aromatic N) is 2. The van der Waals surface area contributed by atoms with Gasteiger partial charge in [0.1, 0.15) is 12.4 Å². The van der Waals surface area contributed by atoms with E-state index in [1.54, 1.807) is 30.3 Å². The third-order valence-corrected chi connectivity index (χ3v) is 6.03. The van der Waals surface area contributed by atoms with Crippen molar-refractivity contribution >= 4 is 68.5 Å². The fraction of sp³-hybridized carbons (Fsp3) is 0.0435. The van der Waals surface area contributed by atoms with Gasteiger partial charge >= 0.3 is 5.97 Å². The summed E-state index contributed by atoms with van der Waals surface area (Å²) in [4.78, 5) is 21.3. The molecule has 32 heavy (non-hydrogen) atoms. The summed E-state index contributed by atoms with van der Waals surface area (Å²) in [5.41, 5.74) is 2.80. The zero-order chi connectivity index (χ0) is 23.3. The predicted octanol–water partition coefficient (Wildman–Crippen LogP) is 6.15. The highest BCUT2D eigenvalue weighted by atomic mass is 127. The number of allylic oxidation sites excluding steroid dienone is 1. The Labute approximate surface area is 210 Å². The minimum Gasteiger partial charge on any atom is -0.487 e. The lowest BCUT2D eigenvalue weighted by atomic mass is 10.0. The quantitative estimate of drug-likeness (QED) is 0.108. The van der Waals surface area contributed by atoms with Gasteiger partial charge in [-0.15, -0.1) is 0 Å². The highest BCUT2D eigenvalue weighted by molar-refractivity contribution is 14.1. The van der Waals surface area contributed by atoms with Crippen molar-refractivity contribution < 1.29 is 19.6 Å². The molecule has 0 atom stereocenters. The summed E-state index contributed by atoms with van der Waals surface area (Å²) in [7, 11) is 0. The number of nitriles is 1. The number of carboxylic acid groups (broad SMARTS) is 1. The molecule has 7 nitrogen and oxygen atoms in total. The number of rotatable bonds is 7. The lowest BCUT2D eigenvalue weighted by molar-refractivity contribution is -0.384. The summed E-state index contributed by atoms with van der Waals surface area (Å²) < 4.78 is 7.65. The number of hydrogen-bond donors (Lipinski definition) is 1. The highest BCUT2D eigenvalue weighted by Crippen LogP contribution is 2.31. The standard InChI is InChI=1S/C23H14I2N2O5/c24-20-10-15(9-18(12-26)16-5-7-19(8-6-16)27(30)31)11-21(25)22(20)32-13-14-1-3-17(4-2-14)23(28)29/h1-11H,13H2,(H,28,29)/b18-9-. The molecule has 0 aromatic heterocycles. The Morgan fingerprint density at radius 1 is 1.06 bits per heavy atom. The molecule has 0 radical (unpaired) electrons. The zero-order valence-electron chi connectivity index (χ0n) is 16.3. The fourth-order valence-corrected chi connectivity index (χ4v) is 4.94. The van der Waals surface area contributed by atoms with Crippen LogP contribution in [-0.2, 0) is 6.61 Å². The first-order valence-electron chi connectivity index (χ1n) is 9.09. The van der Waals surface area contributed by atoms with Gasteiger partial charge in [-0.25, -0.2) is 4.79 Å². The number of benzene rings is 3. The Kier molecular flexibility index (Phi) is 7.81. The number of nitro groups is 1. The van der Waals surface area contributed by atoms with Crippen LogP contribution in [0.15, 0.2) is 60.7 Å². The van der Waals surface area contributed by atoms with Gasteiger partial charge in [0, 0.05) is 12.1 Å². The van der Waals surface area contributed by atoms with Crippen LogP contribution < -0.4 is 4.74 Å². The van der Waals surface area contributed by atoms with Crippen molar-refractivity contribution in [2.45, 2.75) is 6.61 Å². The van der Waals surface area contributed by atoms with Crippen LogP contribution in [0.25, 0.3) is 11.6 Å². The normalized spacial score (nSPS) is 11.0. The maximum Gasteiger partial charge on any atom is 0.335 e. The van der Waals surface area contributed by atoms with Gasteiger partial charge in [-0.3, -0.25) is 10.1 Å². The molecule has 0 saturated carbocycles. The van der Waals surface area contributed by atoms with E-state index in [4.69, 9.17) is 9.84 Å². The SMILES string of the molecule is N#C/C(=C/c1cc(I)c(OCc2ccc(C(=O)O)cc2)c(I)c1)c1ccc([N+](=O)[O-])cc1. The Morgan fingerprint density at radius 3 is 2.12 bits per heavy atom. The Bertz CT molecular complexity index is 1220. The van der Waals surface area contributed by atoms with E-state index in [9.17, 15) is 20.2 Å². The molecule has 3 aromatic rings. The summed E-state index contributed by atoms with van der Waals surface area (Å²) in [6.07, 6.45) is 1.72. The van der Waals surface area contributed by atoms with Crippen molar-refractivity contribution in [3.8, 4) is 11.8 Å². The van der Waals surface area contributed by atoms with Crippen LogP contribution in [0.4, 0.5) is 5.69 Å². The zero-order valence-corrected chi connectivity index (χ0v) is 20.6. The van der Waals surface area contributed by atoms with Crippen molar-refractivity contribution in [3.63, 3.8) is 0 Å². The van der Waals surface area contributed by atoms with Gasteiger partial charge in [-0.1, -0.05) is 12.1 Å². The molecule has 0 spiro atoms.